The first-order valence-corrected chi connectivity index (χ1v) is 0. The predicted octanol–water partition coefficient (Wildman–Crippen LogP) is -6.97. The molecule has 0 heterocycles. The average molecular weight is 135 g/mol. The number of hydrogen-bond acceptors (Lipinski definition) is 0. The third-order valence-electron chi connectivity index (χ3n) is 0. The van der Waals surface area contributed by atoms with E-state index in [1.807, 2.05) is 0 Å². The summed E-state index contributed by atoms with van der Waals surface area (Å²) in [7, 11) is 0. The summed E-state index contributed by atoms with van der Waals surface area (Å²) in [6.45, 7) is 0. The molecule has 0 atom stereocenters. The van der Waals surface area contributed by atoms with Crippen molar-refractivity contribution < 1.29 is 72.1 Å². The summed E-state index contributed by atoms with van der Waals surface area (Å²) in [5, 5.41) is 0. The van der Waals surface area contributed by atoms with Gasteiger partial charge in [0.1, 0.15) is 0 Å². The molecule has 0 aliphatic rings. The smallest absolute Gasteiger partial charge is 1.00 e. The van der Waals surface area contributed by atoms with Gasteiger partial charge in [0.2, 0.25) is 0 Å². The van der Waals surface area contributed by atoms with E-state index in [0.717, 1.165) is 0 Å². The standard InChI is InChI=1S/Ca.ClH.K.H2O.2H/h;1H;;1H2;;/q+2;;+1;;2*-1/p-1. The third-order valence-corrected chi connectivity index (χ3v) is 0. The molecule has 20 valence electrons. The van der Waals surface area contributed by atoms with Gasteiger partial charge in [-0.15, -0.1) is 0 Å². The largest absolute Gasteiger partial charge is 2.00 e. The van der Waals surface area contributed by atoms with Gasteiger partial charge in [0.05, 0.1) is 0 Å². The van der Waals surface area contributed by atoms with Gasteiger partial charge in [-0.1, -0.05) is 0 Å². The first kappa shape index (κ1) is 27.3. The topological polar surface area (TPSA) is 31.5 Å². The van der Waals surface area contributed by atoms with Gasteiger partial charge in [0.15, 0.2) is 0 Å². The first-order chi connectivity index (χ1) is 0. The molecule has 0 aromatic rings. The van der Waals surface area contributed by atoms with Crippen molar-refractivity contribution in [2.24, 2.45) is 0 Å². The van der Waals surface area contributed by atoms with Crippen LogP contribution in [0, 0.1) is 0 Å². The van der Waals surface area contributed by atoms with Crippen molar-refractivity contribution in [1.82, 2.24) is 0 Å². The molecule has 2 N–H and O–H groups in total. The Morgan fingerprint density at radius 1 is 1.25 bits per heavy atom. The number of hydrogen-bond donors (Lipinski definition) is 0. The zero-order valence-electron chi connectivity index (χ0n) is 4.59. The third kappa shape index (κ3) is 8.94. The summed E-state index contributed by atoms with van der Waals surface area (Å²) in [5.74, 6) is 0. The molecule has 1 nitrogen and oxygen atoms in total. The van der Waals surface area contributed by atoms with Crippen LogP contribution < -0.4 is 63.8 Å². The van der Waals surface area contributed by atoms with Crippen molar-refractivity contribution in [3.63, 3.8) is 0 Å². The van der Waals surface area contributed by atoms with Crippen LogP contribution in [-0.2, 0) is 0 Å². The minimum atomic E-state index is 0. The molecule has 0 fully saturated rings. The van der Waals surface area contributed by atoms with Crippen LogP contribution in [0.2, 0.25) is 0 Å². The van der Waals surface area contributed by atoms with Crippen LogP contribution in [0.25, 0.3) is 0 Å². The Morgan fingerprint density at radius 3 is 1.25 bits per heavy atom. The average Bonchev–Trinajstić information content (AvgIpc) is 0. The van der Waals surface area contributed by atoms with E-state index in [4.69, 9.17) is 0 Å². The second-order valence-electron chi connectivity index (χ2n) is 0. The maximum Gasteiger partial charge on any atom is 2.00 e. The monoisotopic (exact) mass is 134 g/mol. The fourth-order valence-corrected chi connectivity index (χ4v) is 0. The van der Waals surface area contributed by atoms with Gasteiger partial charge < -0.3 is 20.7 Å². The van der Waals surface area contributed by atoms with Crippen LogP contribution in [0.5, 0.6) is 0 Å². The molecular weight excluding hydrogens is 131 g/mol. The Hall–Kier alpha value is 3.15. The Kier molecular flexibility index (Phi) is 112. The molecular formula is H4CaClKO. The molecule has 0 saturated heterocycles. The zero-order valence-corrected chi connectivity index (χ0v) is 8.67. The Bertz CT molecular complexity index is 13.5. The van der Waals surface area contributed by atoms with Gasteiger partial charge in [0, 0.05) is 0 Å². The van der Waals surface area contributed by atoms with E-state index in [1.165, 1.54) is 0 Å². The van der Waals surface area contributed by atoms with E-state index < -0.39 is 0 Å². The summed E-state index contributed by atoms with van der Waals surface area (Å²) in [4.78, 5) is 0. The predicted molar refractivity (Wildman–Crippen MR) is 11.6 cm³/mol. The fraction of sp³-hybridized carbons (Fsp3) is 0. The van der Waals surface area contributed by atoms with Gasteiger partial charge in [-0.05, 0) is 0 Å². The van der Waals surface area contributed by atoms with Gasteiger partial charge in [0.25, 0.3) is 0 Å². The van der Waals surface area contributed by atoms with Crippen LogP contribution in [0.1, 0.15) is 2.85 Å². The summed E-state index contributed by atoms with van der Waals surface area (Å²) in [6.07, 6.45) is 0. The molecule has 4 heteroatoms. The van der Waals surface area contributed by atoms with E-state index in [2.05, 4.69) is 0 Å². The van der Waals surface area contributed by atoms with Crippen LogP contribution in [0.3, 0.4) is 0 Å². The van der Waals surface area contributed by atoms with Crippen molar-refractivity contribution in [2.75, 3.05) is 0 Å². The first-order valence-electron chi connectivity index (χ1n) is 0. The quantitative estimate of drug-likeness (QED) is 0.295. The Balaban J connectivity index is 0. The summed E-state index contributed by atoms with van der Waals surface area (Å²) in [6, 6.07) is 0. The minimum absolute atomic E-state index is 0. The summed E-state index contributed by atoms with van der Waals surface area (Å²) in [5.41, 5.74) is 0. The van der Waals surface area contributed by atoms with Gasteiger partial charge in [-0.2, -0.15) is 0 Å². The molecule has 0 amide bonds. The maximum absolute atomic E-state index is 0. The van der Waals surface area contributed by atoms with Crippen LogP contribution in [0.15, 0.2) is 0 Å². The molecule has 0 aliphatic carbocycles. The van der Waals surface area contributed by atoms with Gasteiger partial charge in [-0.25, -0.2) is 0 Å². The van der Waals surface area contributed by atoms with Crippen LogP contribution >= 0.6 is 0 Å². The maximum atomic E-state index is 0. The van der Waals surface area contributed by atoms with Gasteiger partial charge >= 0.3 is 89.1 Å². The molecule has 0 aliphatic heterocycles. The second-order valence-corrected chi connectivity index (χ2v) is 0. The SMILES string of the molecule is O.[Ca+2].[Cl-].[H-].[H-].[K+]. The van der Waals surface area contributed by atoms with E-state index in [-0.39, 0.29) is 110 Å². The van der Waals surface area contributed by atoms with Crippen molar-refractivity contribution in [2.45, 2.75) is 0 Å². The molecule has 0 rings (SSSR count). The van der Waals surface area contributed by atoms with Crippen molar-refractivity contribution >= 4 is 37.7 Å². The van der Waals surface area contributed by atoms with E-state index in [1.54, 1.807) is 0 Å². The Labute approximate surface area is 107 Å². The molecule has 0 aromatic heterocycles. The number of rotatable bonds is 0. The molecule has 0 unspecified atom stereocenters. The van der Waals surface area contributed by atoms with E-state index in [0.29, 0.717) is 0 Å². The normalized spacial score (nSPS) is 0. The fourth-order valence-electron chi connectivity index (χ4n) is 0. The van der Waals surface area contributed by atoms with Gasteiger partial charge in [-0.3, -0.25) is 0 Å². The number of halogens is 1. The molecule has 0 spiro atoms. The molecule has 0 aromatic carbocycles. The van der Waals surface area contributed by atoms with Crippen molar-refractivity contribution in [1.29, 1.82) is 0 Å². The summed E-state index contributed by atoms with van der Waals surface area (Å²) < 4.78 is 0. The van der Waals surface area contributed by atoms with Crippen LogP contribution in [0.4, 0.5) is 0 Å². The van der Waals surface area contributed by atoms with Crippen molar-refractivity contribution in [3.05, 3.63) is 0 Å². The van der Waals surface area contributed by atoms with E-state index in [9.17, 15) is 0 Å². The summed E-state index contributed by atoms with van der Waals surface area (Å²) >= 11 is 0. The van der Waals surface area contributed by atoms with Crippen LogP contribution in [-0.4, -0.2) is 43.2 Å². The second kappa shape index (κ2) is 16.4. The molecule has 0 bridgehead atoms. The minimum Gasteiger partial charge on any atom is -1.00 e. The van der Waals surface area contributed by atoms with Crippen molar-refractivity contribution in [3.8, 4) is 0 Å². The Morgan fingerprint density at radius 2 is 1.25 bits per heavy atom. The molecule has 0 radical (unpaired) electrons. The molecule has 0 saturated carbocycles. The van der Waals surface area contributed by atoms with E-state index >= 15 is 0 Å². The molecule has 4 heavy (non-hydrogen) atoms. The zero-order chi connectivity index (χ0) is 0.